The molecule has 6 aromatic heterocycles. The number of sulfonamides is 2. The molecule has 101 heavy (non-hydrogen) atoms. The summed E-state index contributed by atoms with van der Waals surface area (Å²) >= 11 is 12.2. The summed E-state index contributed by atoms with van der Waals surface area (Å²) in [5.41, 5.74) is 0.632. The first-order valence-corrected chi connectivity index (χ1v) is 37.9. The smallest absolute Gasteiger partial charge is 0.410 e. The third-order valence-corrected chi connectivity index (χ3v) is 20.7. The zero-order valence-corrected chi connectivity index (χ0v) is 63.0. The number of halogens is 2. The molecule has 2 saturated heterocycles. The van der Waals surface area contributed by atoms with E-state index in [1.54, 1.807) is 42.7 Å². The van der Waals surface area contributed by atoms with Crippen LogP contribution in [0.5, 0.6) is 11.8 Å². The SMILES string of the molecule is CC(C)(C)OC(=O)N1CC(CCCCNc2ccc(S(N)(=O)=O)nc2)CC1(C)C.CC1(CCOc2ccn(-c3ccc(C(=O)NS(=O)(=O)c4ccc(NCCCCC5CN(C(=O)OC(C)(C)C)C(C)(C)C5)cn4)c(Cl)n3)n2)CC1.CC1(CCOc2ccn(-c3ccc(C(=O)O)c(Cl)n3)n2)CC1. The Morgan fingerprint density at radius 2 is 1.01 bits per heavy atom. The van der Waals surface area contributed by atoms with Gasteiger partial charge in [-0.1, -0.05) is 49.9 Å². The van der Waals surface area contributed by atoms with Crippen molar-refractivity contribution in [3.63, 3.8) is 0 Å². The van der Waals surface area contributed by atoms with Crippen LogP contribution in [0.2, 0.25) is 10.3 Å². The Kier molecular flexibility index (Phi) is 25.5. The molecule has 2 aliphatic carbocycles. The van der Waals surface area contributed by atoms with Gasteiger partial charge in [0, 0.05) is 61.8 Å². The molecule has 0 spiro atoms. The second-order valence-electron chi connectivity index (χ2n) is 30.4. The fraction of sp³-hybridized carbons (Fsp3) is 0.571. The summed E-state index contributed by atoms with van der Waals surface area (Å²) < 4.78 is 75.8. The van der Waals surface area contributed by atoms with Crippen LogP contribution in [0.15, 0.2) is 95.5 Å². The summed E-state index contributed by atoms with van der Waals surface area (Å²) in [6, 6.07) is 15.3. The van der Waals surface area contributed by atoms with Crippen LogP contribution in [-0.2, 0) is 29.5 Å². The monoisotopic (exact) mass is 1480 g/mol. The molecule has 10 rings (SSSR count). The topological polar surface area (TPSA) is 349 Å². The number of nitrogens with two attached hydrogens (primary N) is 1. The number of ether oxygens (including phenoxy) is 4. The second kappa shape index (κ2) is 32.6. The Bertz CT molecular complexity index is 4080. The number of aromatic carboxylic acids is 1. The zero-order valence-electron chi connectivity index (χ0n) is 59.8. The molecule has 4 fully saturated rings. The fourth-order valence-corrected chi connectivity index (χ4v) is 13.6. The third kappa shape index (κ3) is 23.9. The van der Waals surface area contributed by atoms with E-state index in [1.807, 2.05) is 56.1 Å². The van der Waals surface area contributed by atoms with Crippen molar-refractivity contribution in [1.29, 1.82) is 0 Å². The highest BCUT2D eigenvalue weighted by atomic mass is 35.5. The minimum Gasteiger partial charge on any atom is -0.478 e. The molecule has 2 aliphatic heterocycles. The summed E-state index contributed by atoms with van der Waals surface area (Å²) in [4.78, 5) is 68.9. The van der Waals surface area contributed by atoms with E-state index in [0.717, 1.165) is 83.0 Å². The van der Waals surface area contributed by atoms with Gasteiger partial charge in [0.25, 0.3) is 26.0 Å². The molecule has 3 amide bonds. The number of amides is 3. The van der Waals surface area contributed by atoms with Crippen LogP contribution in [0.3, 0.4) is 0 Å². The van der Waals surface area contributed by atoms with Crippen molar-refractivity contribution in [2.45, 2.75) is 205 Å². The van der Waals surface area contributed by atoms with Crippen LogP contribution in [-0.4, -0.2) is 157 Å². The molecule has 4 aliphatic rings. The number of carboxylic acid groups (broad SMARTS) is 1. The van der Waals surface area contributed by atoms with Crippen LogP contribution < -0.4 is 30.0 Å². The summed E-state index contributed by atoms with van der Waals surface area (Å²) in [5.74, 6) is 0.578. The number of carboxylic acids is 1. The number of anilines is 2. The number of likely N-dealkylation sites (tertiary alicyclic amines) is 2. The van der Waals surface area contributed by atoms with Crippen molar-refractivity contribution in [3.05, 3.63) is 107 Å². The maximum absolute atomic E-state index is 12.9. The van der Waals surface area contributed by atoms with Crippen molar-refractivity contribution in [2.75, 3.05) is 50.0 Å². The number of unbranched alkanes of at least 4 members (excludes halogenated alkanes) is 2. The second-order valence-corrected chi connectivity index (χ2v) is 34.2. The minimum atomic E-state index is -4.28. The highest BCUT2D eigenvalue weighted by Crippen LogP contribution is 2.49. The van der Waals surface area contributed by atoms with Crippen LogP contribution in [0, 0.1) is 22.7 Å². The molecule has 0 aromatic carbocycles. The first kappa shape index (κ1) is 78.9. The van der Waals surface area contributed by atoms with Crippen molar-refractivity contribution in [3.8, 4) is 23.4 Å². The summed E-state index contributed by atoms with van der Waals surface area (Å²) in [6.45, 7) is 28.2. The van der Waals surface area contributed by atoms with Gasteiger partial charge < -0.3 is 44.5 Å². The van der Waals surface area contributed by atoms with Gasteiger partial charge in [-0.3, -0.25) is 4.79 Å². The lowest BCUT2D eigenvalue weighted by Crippen LogP contribution is -2.45. The maximum atomic E-state index is 12.9. The molecule has 27 nitrogen and oxygen atoms in total. The highest BCUT2D eigenvalue weighted by Gasteiger charge is 2.44. The van der Waals surface area contributed by atoms with Crippen molar-refractivity contribution in [1.82, 2.24) is 54.0 Å². The normalized spacial score (nSPS) is 17.9. The number of carbonyl (C=O) groups is 4. The first-order chi connectivity index (χ1) is 47.2. The van der Waals surface area contributed by atoms with Gasteiger partial charge in [0.05, 0.1) is 48.1 Å². The van der Waals surface area contributed by atoms with Crippen molar-refractivity contribution in [2.24, 2.45) is 27.8 Å². The molecule has 2 atom stereocenters. The standard InChI is InChI=1S/C35H48ClN7O6S.C20H34N4O4S.C15H16ClN3O3/c1-33(2,3)49-32(45)42-23-24(21-34(42,4)5)9-7-8-18-37-25-10-13-29(38-22-25)50(46,47)41-31(44)26-11-12-27(39-30(26)36)43-19-14-28(40-43)48-20-17-35(6)15-16-35;1-19(2,3)28-18(25)24-14-15(12-20(24,4)5)8-6-7-11-22-16-9-10-17(23-13-16)29(21,26)27;1-15(5-6-15)7-9-22-12-4-8-19(18-12)11-3-2-10(14(20)21)13(16)17-11/h10-14,19,22,24,37H,7-9,15-18,20-21,23H2,1-6H3,(H,41,44);9-10,13,15,22H,6-8,11-12,14H2,1-5H3,(H2,21,26,27);2-4,8H,5-7,9H2,1H3,(H,20,21). The lowest BCUT2D eigenvalue weighted by molar-refractivity contribution is 0.0118. The number of primary sulfonamides is 1. The molecular formula is C70H98Cl2N14O13S2. The van der Waals surface area contributed by atoms with Gasteiger partial charge in [0.2, 0.25) is 11.8 Å². The average molecular weight is 1480 g/mol. The number of rotatable bonds is 27. The van der Waals surface area contributed by atoms with E-state index in [1.165, 1.54) is 77.8 Å². The van der Waals surface area contributed by atoms with Gasteiger partial charge in [-0.2, -0.15) is 8.42 Å². The Balaban J connectivity index is 0.000000214. The Labute approximate surface area is 602 Å². The fourth-order valence-electron chi connectivity index (χ4n) is 11.7. The van der Waals surface area contributed by atoms with Gasteiger partial charge >= 0.3 is 18.2 Å². The predicted molar refractivity (Wildman–Crippen MR) is 384 cm³/mol. The summed E-state index contributed by atoms with van der Waals surface area (Å²) in [6.07, 6.45) is 20.5. The van der Waals surface area contributed by atoms with Crippen LogP contribution in [0.4, 0.5) is 21.0 Å². The van der Waals surface area contributed by atoms with Gasteiger partial charge in [-0.25, -0.2) is 62.0 Å². The number of aromatic nitrogens is 8. The highest BCUT2D eigenvalue weighted by molar-refractivity contribution is 7.90. The lowest BCUT2D eigenvalue weighted by Gasteiger charge is -2.33. The van der Waals surface area contributed by atoms with E-state index in [2.05, 4.69) is 82.3 Å². The molecule has 552 valence electrons. The number of nitrogens with one attached hydrogen (secondary N) is 3. The molecule has 6 N–H and O–H groups in total. The summed E-state index contributed by atoms with van der Waals surface area (Å²) in [5, 5.41) is 28.4. The van der Waals surface area contributed by atoms with E-state index in [-0.39, 0.29) is 54.7 Å². The number of hydrogen-bond donors (Lipinski definition) is 5. The third-order valence-electron chi connectivity index (χ3n) is 18.0. The maximum Gasteiger partial charge on any atom is 0.410 e. The summed E-state index contributed by atoms with van der Waals surface area (Å²) in [7, 11) is -8.04. The van der Waals surface area contributed by atoms with Crippen molar-refractivity contribution < 1.29 is 60.1 Å². The van der Waals surface area contributed by atoms with Gasteiger partial charge in [0.1, 0.15) is 21.5 Å². The van der Waals surface area contributed by atoms with Crippen LogP contribution in [0.25, 0.3) is 11.6 Å². The molecule has 2 unspecified atom stereocenters. The molecule has 8 heterocycles. The Hall–Kier alpha value is -7.86. The van der Waals surface area contributed by atoms with Crippen LogP contribution >= 0.6 is 23.2 Å². The molecule has 2 saturated carbocycles. The van der Waals surface area contributed by atoms with E-state index >= 15 is 0 Å². The lowest BCUT2D eigenvalue weighted by atomic mass is 9.93. The zero-order chi connectivity index (χ0) is 73.9. The van der Waals surface area contributed by atoms with Gasteiger partial charge in [-0.05, 0) is 217 Å². The van der Waals surface area contributed by atoms with Crippen LogP contribution in [0.1, 0.15) is 194 Å². The molecule has 31 heteroatoms. The average Bonchev–Trinajstić information content (AvgIpc) is 1.71. The molecular weight excluding hydrogens is 1380 g/mol. The number of nitrogens with zero attached hydrogens (tertiary/aromatic N) is 10. The van der Waals surface area contributed by atoms with Crippen molar-refractivity contribution >= 4 is 78.7 Å². The van der Waals surface area contributed by atoms with E-state index in [4.69, 9.17) is 52.4 Å². The minimum absolute atomic E-state index is 0.0354. The number of pyridine rings is 4. The number of carbonyl (C=O) groups excluding carboxylic acids is 3. The Morgan fingerprint density at radius 1 is 0.594 bits per heavy atom. The largest absolute Gasteiger partial charge is 0.478 e. The Morgan fingerprint density at radius 3 is 1.38 bits per heavy atom. The van der Waals surface area contributed by atoms with E-state index < -0.39 is 43.1 Å². The first-order valence-electron chi connectivity index (χ1n) is 34.1. The predicted octanol–water partition coefficient (Wildman–Crippen LogP) is 13.2. The van der Waals surface area contributed by atoms with Gasteiger partial charge in [-0.15, -0.1) is 10.2 Å². The quantitative estimate of drug-likeness (QED) is 0.0236. The molecule has 6 aromatic rings. The van der Waals surface area contributed by atoms with E-state index in [0.29, 0.717) is 78.1 Å². The van der Waals surface area contributed by atoms with E-state index in [9.17, 15) is 36.0 Å². The number of hydrogen-bond acceptors (Lipinski definition) is 20. The van der Waals surface area contributed by atoms with Gasteiger partial charge in [0.15, 0.2) is 21.7 Å². The molecule has 0 bridgehead atoms. The molecule has 0 radical (unpaired) electrons.